The van der Waals surface area contributed by atoms with E-state index in [1.54, 1.807) is 23.3 Å². The van der Waals surface area contributed by atoms with Gasteiger partial charge in [-0.25, -0.2) is 4.98 Å². The summed E-state index contributed by atoms with van der Waals surface area (Å²) in [6.07, 6.45) is 7.66. The second-order valence-electron chi connectivity index (χ2n) is 4.93. The molecule has 0 amide bonds. The monoisotopic (exact) mass is 274 g/mol. The number of likely N-dealkylation sites (N-methyl/N-ethyl adjacent to an activating group) is 1. The minimum Gasteiger partial charge on any atom is -0.368 e. The second-order valence-corrected chi connectivity index (χ2v) is 4.93. The summed E-state index contributed by atoms with van der Waals surface area (Å²) >= 11 is 0. The Morgan fingerprint density at radius 2 is 2.25 bits per heavy atom. The Labute approximate surface area is 117 Å². The molecule has 1 fully saturated rings. The van der Waals surface area contributed by atoms with Crippen LogP contribution in [0.1, 0.15) is 12.8 Å². The van der Waals surface area contributed by atoms with Crippen molar-refractivity contribution in [2.45, 2.75) is 18.9 Å². The predicted octanol–water partition coefficient (Wildman–Crippen LogP) is 0.146. The largest absolute Gasteiger partial charge is 0.368 e. The van der Waals surface area contributed by atoms with Crippen LogP contribution in [-0.4, -0.2) is 55.6 Å². The van der Waals surface area contributed by atoms with Gasteiger partial charge in [0.1, 0.15) is 6.33 Å². The van der Waals surface area contributed by atoms with Gasteiger partial charge in [-0.3, -0.25) is 4.57 Å². The molecule has 0 aromatic carbocycles. The van der Waals surface area contributed by atoms with Crippen molar-refractivity contribution in [3.05, 3.63) is 18.7 Å². The summed E-state index contributed by atoms with van der Waals surface area (Å²) in [6.45, 7) is 1.73. The van der Waals surface area contributed by atoms with E-state index in [1.807, 2.05) is 0 Å². The molecule has 0 unspecified atom stereocenters. The number of anilines is 2. The van der Waals surface area contributed by atoms with E-state index < -0.39 is 0 Å². The number of nitrogens with two attached hydrogens (primary N) is 1. The Morgan fingerprint density at radius 3 is 2.95 bits per heavy atom. The smallest absolute Gasteiger partial charge is 0.241 e. The standard InChI is InChI=1S/C12H18N8/c1-19(9-2-3-9)6-5-15-11-16-10(13)17-12(18-11)20-7-4-14-8-20/h4,7-9H,2-3,5-6H2,1H3,(H3,13,15,16,17,18). The van der Waals surface area contributed by atoms with Crippen LogP contribution in [0.25, 0.3) is 5.95 Å². The Hall–Kier alpha value is -2.22. The number of imidazole rings is 1. The van der Waals surface area contributed by atoms with Crippen molar-refractivity contribution in [2.75, 3.05) is 31.2 Å². The summed E-state index contributed by atoms with van der Waals surface area (Å²) in [6, 6.07) is 0.752. The second kappa shape index (κ2) is 5.41. The first-order valence-corrected chi connectivity index (χ1v) is 6.66. The fourth-order valence-electron chi connectivity index (χ4n) is 1.99. The predicted molar refractivity (Wildman–Crippen MR) is 75.5 cm³/mol. The molecule has 106 valence electrons. The van der Waals surface area contributed by atoms with E-state index >= 15 is 0 Å². The molecule has 1 aliphatic rings. The molecule has 3 N–H and O–H groups in total. The topological polar surface area (TPSA) is 97.8 Å². The van der Waals surface area contributed by atoms with Crippen LogP contribution in [0, 0.1) is 0 Å². The summed E-state index contributed by atoms with van der Waals surface area (Å²) in [7, 11) is 2.14. The van der Waals surface area contributed by atoms with Gasteiger partial charge < -0.3 is 16.0 Å². The average molecular weight is 274 g/mol. The van der Waals surface area contributed by atoms with E-state index in [4.69, 9.17) is 5.73 Å². The summed E-state index contributed by atoms with van der Waals surface area (Å²) in [5.41, 5.74) is 5.71. The molecular formula is C12H18N8. The Balaban J connectivity index is 1.63. The van der Waals surface area contributed by atoms with Crippen molar-refractivity contribution in [3.8, 4) is 5.95 Å². The molecule has 8 heteroatoms. The Kier molecular flexibility index (Phi) is 3.46. The number of hydrogen-bond acceptors (Lipinski definition) is 7. The maximum absolute atomic E-state index is 5.71. The molecule has 0 saturated heterocycles. The highest BCUT2D eigenvalue weighted by Gasteiger charge is 2.25. The number of hydrogen-bond donors (Lipinski definition) is 2. The van der Waals surface area contributed by atoms with E-state index in [9.17, 15) is 0 Å². The third-order valence-electron chi connectivity index (χ3n) is 3.29. The first-order valence-electron chi connectivity index (χ1n) is 6.66. The highest BCUT2D eigenvalue weighted by atomic mass is 15.3. The summed E-state index contributed by atoms with van der Waals surface area (Å²) in [5, 5.41) is 3.18. The minimum atomic E-state index is 0.196. The lowest BCUT2D eigenvalue weighted by atomic mass is 10.5. The zero-order chi connectivity index (χ0) is 13.9. The first kappa shape index (κ1) is 12.8. The van der Waals surface area contributed by atoms with Crippen LogP contribution in [-0.2, 0) is 0 Å². The van der Waals surface area contributed by atoms with Gasteiger partial charge >= 0.3 is 0 Å². The lowest BCUT2D eigenvalue weighted by Crippen LogP contribution is -2.27. The zero-order valence-corrected chi connectivity index (χ0v) is 11.4. The molecular weight excluding hydrogens is 256 g/mol. The van der Waals surface area contributed by atoms with Crippen LogP contribution < -0.4 is 11.1 Å². The summed E-state index contributed by atoms with van der Waals surface area (Å²) in [4.78, 5) is 18.8. The van der Waals surface area contributed by atoms with Crippen molar-refractivity contribution >= 4 is 11.9 Å². The van der Waals surface area contributed by atoms with Crippen molar-refractivity contribution in [1.29, 1.82) is 0 Å². The van der Waals surface area contributed by atoms with Crippen LogP contribution in [0.15, 0.2) is 18.7 Å². The molecule has 0 bridgehead atoms. The summed E-state index contributed by atoms with van der Waals surface area (Å²) < 4.78 is 1.69. The Morgan fingerprint density at radius 1 is 1.40 bits per heavy atom. The lowest BCUT2D eigenvalue weighted by molar-refractivity contribution is 0.337. The fraction of sp³-hybridized carbons (Fsp3) is 0.500. The highest BCUT2D eigenvalue weighted by Crippen LogP contribution is 2.24. The third kappa shape index (κ3) is 3.02. The molecule has 1 saturated carbocycles. The van der Waals surface area contributed by atoms with Gasteiger partial charge in [0.05, 0.1) is 0 Å². The average Bonchev–Trinajstić information content (AvgIpc) is 3.13. The van der Waals surface area contributed by atoms with Gasteiger partial charge in [-0.05, 0) is 19.9 Å². The van der Waals surface area contributed by atoms with Crippen LogP contribution in [0.5, 0.6) is 0 Å². The van der Waals surface area contributed by atoms with Crippen molar-refractivity contribution in [1.82, 2.24) is 29.4 Å². The number of aromatic nitrogens is 5. The normalized spacial score (nSPS) is 14.7. The van der Waals surface area contributed by atoms with E-state index in [1.165, 1.54) is 12.8 Å². The van der Waals surface area contributed by atoms with Gasteiger partial charge in [0.2, 0.25) is 17.8 Å². The van der Waals surface area contributed by atoms with Gasteiger partial charge in [-0.2, -0.15) is 15.0 Å². The number of nitrogens with zero attached hydrogens (tertiary/aromatic N) is 6. The zero-order valence-electron chi connectivity index (χ0n) is 11.4. The van der Waals surface area contributed by atoms with Gasteiger partial charge in [-0.1, -0.05) is 0 Å². The SMILES string of the molecule is CN(CCNc1nc(N)nc(-n2ccnc2)n1)C1CC1. The lowest BCUT2D eigenvalue weighted by Gasteiger charge is -2.15. The number of nitrogens with one attached hydrogen (secondary N) is 1. The van der Waals surface area contributed by atoms with E-state index in [0.717, 1.165) is 19.1 Å². The van der Waals surface area contributed by atoms with Crippen molar-refractivity contribution < 1.29 is 0 Å². The molecule has 3 rings (SSSR count). The van der Waals surface area contributed by atoms with Crippen molar-refractivity contribution in [2.24, 2.45) is 0 Å². The molecule has 2 aromatic rings. The summed E-state index contributed by atoms with van der Waals surface area (Å²) in [5.74, 6) is 1.15. The molecule has 0 aliphatic heterocycles. The van der Waals surface area contributed by atoms with Gasteiger partial charge in [0.25, 0.3) is 0 Å². The van der Waals surface area contributed by atoms with Crippen LogP contribution in [0.2, 0.25) is 0 Å². The van der Waals surface area contributed by atoms with E-state index in [-0.39, 0.29) is 5.95 Å². The number of nitrogen functional groups attached to an aromatic ring is 1. The van der Waals surface area contributed by atoms with Gasteiger partial charge in [0.15, 0.2) is 0 Å². The molecule has 2 aromatic heterocycles. The molecule has 8 nitrogen and oxygen atoms in total. The molecule has 1 aliphatic carbocycles. The fourth-order valence-corrected chi connectivity index (χ4v) is 1.99. The molecule has 2 heterocycles. The van der Waals surface area contributed by atoms with Gasteiger partial charge in [0, 0.05) is 31.5 Å². The molecule has 0 radical (unpaired) electrons. The van der Waals surface area contributed by atoms with Crippen LogP contribution >= 0.6 is 0 Å². The molecule has 20 heavy (non-hydrogen) atoms. The quantitative estimate of drug-likeness (QED) is 0.773. The van der Waals surface area contributed by atoms with Crippen LogP contribution in [0.4, 0.5) is 11.9 Å². The van der Waals surface area contributed by atoms with Crippen LogP contribution in [0.3, 0.4) is 0 Å². The maximum Gasteiger partial charge on any atom is 0.241 e. The van der Waals surface area contributed by atoms with Gasteiger partial charge in [-0.15, -0.1) is 0 Å². The van der Waals surface area contributed by atoms with Crippen molar-refractivity contribution in [3.63, 3.8) is 0 Å². The first-order chi connectivity index (χ1) is 9.72. The maximum atomic E-state index is 5.71. The molecule has 0 spiro atoms. The molecule has 0 atom stereocenters. The van der Waals surface area contributed by atoms with E-state index in [0.29, 0.717) is 11.9 Å². The highest BCUT2D eigenvalue weighted by molar-refractivity contribution is 5.35. The number of rotatable bonds is 6. The van der Waals surface area contributed by atoms with E-state index in [2.05, 4.69) is 37.2 Å². The minimum absolute atomic E-state index is 0.196. The Bertz CT molecular complexity index is 563. The third-order valence-corrected chi connectivity index (χ3v) is 3.29.